The van der Waals surface area contributed by atoms with Crippen molar-refractivity contribution >= 4 is 31.9 Å². The lowest BCUT2D eigenvalue weighted by molar-refractivity contribution is 0.473. The number of aromatic amines is 1. The van der Waals surface area contributed by atoms with Crippen LogP contribution in [0.2, 0.25) is 0 Å². The van der Waals surface area contributed by atoms with E-state index in [2.05, 4.69) is 41.8 Å². The third-order valence-electron chi connectivity index (χ3n) is 1.85. The second-order valence-corrected chi connectivity index (χ2v) is 5.36. The van der Waals surface area contributed by atoms with Gasteiger partial charge in [-0.1, -0.05) is 15.9 Å². The van der Waals surface area contributed by atoms with Gasteiger partial charge in [0.05, 0.1) is 0 Å². The van der Waals surface area contributed by atoms with Crippen LogP contribution < -0.4 is 5.56 Å². The summed E-state index contributed by atoms with van der Waals surface area (Å²) in [5, 5.41) is 8.77. The van der Waals surface area contributed by atoms with Crippen LogP contribution in [0.15, 0.2) is 38.1 Å². The van der Waals surface area contributed by atoms with Crippen LogP contribution in [0.5, 0.6) is 5.75 Å². The van der Waals surface area contributed by atoms with Crippen molar-refractivity contribution in [3.8, 4) is 5.75 Å². The Bertz CT molecular complexity index is 523. The molecule has 0 saturated heterocycles. The van der Waals surface area contributed by atoms with Gasteiger partial charge in [-0.25, -0.2) is 4.98 Å². The molecule has 2 aromatic rings. The lowest BCUT2D eigenvalue weighted by Crippen LogP contribution is -2.03. The van der Waals surface area contributed by atoms with Gasteiger partial charge in [0.15, 0.2) is 0 Å². The zero-order chi connectivity index (χ0) is 13.7. The monoisotopic (exact) mass is 374 g/mol. The van der Waals surface area contributed by atoms with Crippen molar-refractivity contribution in [2.24, 2.45) is 0 Å². The van der Waals surface area contributed by atoms with E-state index in [4.69, 9.17) is 5.11 Å². The molecule has 2 rings (SSSR count). The zero-order valence-electron chi connectivity index (χ0n) is 9.87. The molecule has 2 N–H and O–H groups in total. The number of aromatic nitrogens is 2. The summed E-state index contributed by atoms with van der Waals surface area (Å²) in [7, 11) is 0. The maximum atomic E-state index is 10.5. The number of H-pyrrole nitrogens is 1. The van der Waals surface area contributed by atoms with Gasteiger partial charge in [-0.3, -0.25) is 4.79 Å². The number of aromatic hydroxyl groups is 1. The van der Waals surface area contributed by atoms with Gasteiger partial charge >= 0.3 is 0 Å². The molecule has 0 aliphatic heterocycles. The quantitative estimate of drug-likeness (QED) is 0.694. The van der Waals surface area contributed by atoms with E-state index in [1.54, 1.807) is 6.92 Å². The summed E-state index contributed by atoms with van der Waals surface area (Å²) in [6.45, 7) is 3.66. The molecule has 2 aromatic heterocycles. The number of aryl methyl sites for hydroxylation is 2. The van der Waals surface area contributed by atoms with E-state index in [-0.39, 0.29) is 11.3 Å². The van der Waals surface area contributed by atoms with E-state index in [0.29, 0.717) is 5.69 Å². The van der Waals surface area contributed by atoms with Crippen molar-refractivity contribution in [3.63, 3.8) is 0 Å². The van der Waals surface area contributed by atoms with E-state index in [9.17, 15) is 4.79 Å². The molecule has 6 heteroatoms. The van der Waals surface area contributed by atoms with Gasteiger partial charge in [-0.2, -0.15) is 0 Å². The Balaban J connectivity index is 0.000000180. The normalized spacial score (nSPS) is 9.56. The minimum absolute atomic E-state index is 0.0104. The van der Waals surface area contributed by atoms with Gasteiger partial charge in [-0.05, 0) is 48.0 Å². The third-order valence-corrected chi connectivity index (χ3v) is 2.71. The first kappa shape index (κ1) is 14.9. The van der Waals surface area contributed by atoms with Gasteiger partial charge in [0.1, 0.15) is 10.4 Å². The molecule has 0 amide bonds. The first-order valence-electron chi connectivity index (χ1n) is 5.06. The summed E-state index contributed by atoms with van der Waals surface area (Å²) in [6, 6.07) is 6.49. The number of pyridine rings is 2. The fourth-order valence-corrected chi connectivity index (χ4v) is 2.63. The van der Waals surface area contributed by atoms with Gasteiger partial charge in [-0.15, -0.1) is 0 Å². The summed E-state index contributed by atoms with van der Waals surface area (Å²) in [6.07, 6.45) is 0. The number of halogens is 2. The fraction of sp³-hybridized carbons (Fsp3) is 0.167. The number of hydrogen-bond donors (Lipinski definition) is 2. The van der Waals surface area contributed by atoms with Crippen LogP contribution in [0, 0.1) is 13.8 Å². The molecule has 0 fully saturated rings. The van der Waals surface area contributed by atoms with Crippen molar-refractivity contribution in [2.75, 3.05) is 0 Å². The summed E-state index contributed by atoms with van der Waals surface area (Å²) in [4.78, 5) is 17.1. The maximum Gasteiger partial charge on any atom is 0.251 e. The summed E-state index contributed by atoms with van der Waals surface area (Å²) in [5.74, 6) is 0.0104. The zero-order valence-corrected chi connectivity index (χ0v) is 13.0. The average molecular weight is 376 g/mol. The molecule has 0 bridgehead atoms. The molecule has 0 aliphatic rings. The van der Waals surface area contributed by atoms with E-state index in [0.717, 1.165) is 20.8 Å². The largest absolute Gasteiger partial charge is 0.508 e. The fourth-order valence-electron chi connectivity index (χ4n) is 1.25. The Labute approximate surface area is 121 Å². The van der Waals surface area contributed by atoms with Crippen molar-refractivity contribution < 1.29 is 5.11 Å². The molecule has 0 saturated carbocycles. The van der Waals surface area contributed by atoms with E-state index in [1.165, 1.54) is 6.07 Å². The highest BCUT2D eigenvalue weighted by Gasteiger charge is 1.92. The highest BCUT2D eigenvalue weighted by molar-refractivity contribution is 9.11. The van der Waals surface area contributed by atoms with E-state index >= 15 is 0 Å². The average Bonchev–Trinajstić information content (AvgIpc) is 2.12. The second-order valence-electron chi connectivity index (χ2n) is 3.64. The first-order chi connectivity index (χ1) is 8.36. The molecule has 0 atom stereocenters. The highest BCUT2D eigenvalue weighted by Crippen LogP contribution is 2.15. The van der Waals surface area contributed by atoms with Crippen molar-refractivity contribution in [2.45, 2.75) is 13.8 Å². The predicted octanol–water partition coefficient (Wildman–Crippen LogP) is 3.30. The Morgan fingerprint density at radius 2 is 1.83 bits per heavy atom. The van der Waals surface area contributed by atoms with Crippen LogP contribution in [0.4, 0.5) is 0 Å². The third kappa shape index (κ3) is 5.46. The number of nitrogens with zero attached hydrogens (tertiary/aromatic N) is 1. The maximum absolute atomic E-state index is 10.5. The van der Waals surface area contributed by atoms with Gasteiger partial charge in [0.2, 0.25) is 0 Å². The lowest BCUT2D eigenvalue weighted by atomic mass is 10.4. The number of rotatable bonds is 0. The van der Waals surface area contributed by atoms with Gasteiger partial charge < -0.3 is 10.1 Å². The summed E-state index contributed by atoms with van der Waals surface area (Å²) < 4.78 is 1.93. The molecule has 96 valence electrons. The van der Waals surface area contributed by atoms with Crippen LogP contribution in [0.1, 0.15) is 11.4 Å². The van der Waals surface area contributed by atoms with Crippen molar-refractivity contribution in [1.29, 1.82) is 0 Å². The molecular formula is C12H12Br2N2O2. The van der Waals surface area contributed by atoms with Crippen LogP contribution in [0.25, 0.3) is 0 Å². The highest BCUT2D eigenvalue weighted by atomic mass is 79.9. The molecule has 0 aromatic carbocycles. The van der Waals surface area contributed by atoms with Crippen LogP contribution in [0.3, 0.4) is 0 Å². The van der Waals surface area contributed by atoms with E-state index in [1.807, 2.05) is 19.1 Å². The lowest BCUT2D eigenvalue weighted by Gasteiger charge is -1.93. The number of hydrogen-bond acceptors (Lipinski definition) is 3. The van der Waals surface area contributed by atoms with Crippen LogP contribution in [-0.2, 0) is 0 Å². The molecule has 0 unspecified atom stereocenters. The molecule has 4 nitrogen and oxygen atoms in total. The van der Waals surface area contributed by atoms with Crippen LogP contribution in [-0.4, -0.2) is 15.1 Å². The smallest absolute Gasteiger partial charge is 0.251 e. The standard InChI is InChI=1S/C6H5Br2N.C6H7NO2/c1-4-2-5(7)3-6(8)9-4;1-4-2-5(8)3-6(9)7-4/h2-3H,1H3;2-3H,1H3,(H2,7,8,9). The summed E-state index contributed by atoms with van der Waals surface area (Å²) in [5.41, 5.74) is 1.41. The van der Waals surface area contributed by atoms with Crippen molar-refractivity contribution in [3.05, 3.63) is 55.1 Å². The van der Waals surface area contributed by atoms with E-state index < -0.39 is 0 Å². The SMILES string of the molecule is Cc1cc(Br)cc(Br)n1.Cc1cc(O)cc(=O)[nH]1. The Morgan fingerprint density at radius 1 is 1.17 bits per heavy atom. The molecule has 18 heavy (non-hydrogen) atoms. The minimum Gasteiger partial charge on any atom is -0.508 e. The molecule has 2 heterocycles. The molecule has 0 spiro atoms. The second kappa shape index (κ2) is 6.70. The van der Waals surface area contributed by atoms with Gasteiger partial charge in [0, 0.05) is 21.9 Å². The first-order valence-corrected chi connectivity index (χ1v) is 6.65. The van der Waals surface area contributed by atoms with Crippen molar-refractivity contribution in [1.82, 2.24) is 9.97 Å². The Kier molecular flexibility index (Phi) is 5.55. The Hall–Kier alpha value is -1.14. The van der Waals surface area contributed by atoms with Gasteiger partial charge in [0.25, 0.3) is 5.56 Å². The van der Waals surface area contributed by atoms with Crippen LogP contribution >= 0.6 is 31.9 Å². The predicted molar refractivity (Wildman–Crippen MR) is 77.8 cm³/mol. The topological polar surface area (TPSA) is 66.0 Å². The molecule has 0 aliphatic carbocycles. The molecular weight excluding hydrogens is 364 g/mol. The molecule has 0 radical (unpaired) electrons. The number of nitrogens with one attached hydrogen (secondary N) is 1. The minimum atomic E-state index is -0.271. The summed E-state index contributed by atoms with van der Waals surface area (Å²) >= 11 is 6.61. The Morgan fingerprint density at radius 3 is 2.28 bits per heavy atom.